The zero-order valence-electron chi connectivity index (χ0n) is 12.6. The van der Waals surface area contributed by atoms with Crippen LogP contribution in [0.25, 0.3) is 5.82 Å². The molecule has 0 aliphatic carbocycles. The van der Waals surface area contributed by atoms with E-state index < -0.39 is 0 Å². The van der Waals surface area contributed by atoms with Gasteiger partial charge in [-0.1, -0.05) is 6.07 Å². The number of rotatable bonds is 3. The molecule has 0 spiro atoms. The van der Waals surface area contributed by atoms with E-state index >= 15 is 0 Å². The average Bonchev–Trinajstić information content (AvgIpc) is 2.86. The predicted octanol–water partition coefficient (Wildman–Crippen LogP) is 3.17. The maximum absolute atomic E-state index is 11.4. The molecule has 0 N–H and O–H groups in total. The van der Waals surface area contributed by atoms with Crippen LogP contribution < -0.4 is 0 Å². The molecule has 2 aromatic rings. The van der Waals surface area contributed by atoms with Gasteiger partial charge < -0.3 is 9.47 Å². The largest absolute Gasteiger partial charge is 0.338 e. The summed E-state index contributed by atoms with van der Waals surface area (Å²) in [5.41, 5.74) is 3.48. The van der Waals surface area contributed by atoms with Gasteiger partial charge in [0.25, 0.3) is 0 Å². The van der Waals surface area contributed by atoms with Crippen LogP contribution in [0.4, 0.5) is 0 Å². The van der Waals surface area contributed by atoms with E-state index in [1.54, 1.807) is 0 Å². The van der Waals surface area contributed by atoms with Crippen molar-refractivity contribution >= 4 is 6.41 Å². The molecular formula is C17H21N3O. The third kappa shape index (κ3) is 2.46. The van der Waals surface area contributed by atoms with Crippen molar-refractivity contribution in [1.82, 2.24) is 14.5 Å². The molecule has 1 saturated heterocycles. The van der Waals surface area contributed by atoms with E-state index in [1.165, 1.54) is 11.4 Å². The lowest BCUT2D eigenvalue weighted by Gasteiger charge is -2.34. The Labute approximate surface area is 125 Å². The molecule has 3 heterocycles. The predicted molar refractivity (Wildman–Crippen MR) is 82.4 cm³/mol. The highest BCUT2D eigenvalue weighted by molar-refractivity contribution is 5.51. The summed E-state index contributed by atoms with van der Waals surface area (Å²) in [4.78, 5) is 17.9. The van der Waals surface area contributed by atoms with Crippen LogP contribution in [0.15, 0.2) is 30.5 Å². The van der Waals surface area contributed by atoms with Crippen molar-refractivity contribution < 1.29 is 4.79 Å². The molecule has 110 valence electrons. The minimum atomic E-state index is 0.140. The van der Waals surface area contributed by atoms with Gasteiger partial charge in [-0.05, 0) is 51.3 Å². The zero-order valence-corrected chi connectivity index (χ0v) is 12.6. The highest BCUT2D eigenvalue weighted by atomic mass is 16.1. The van der Waals surface area contributed by atoms with Crippen LogP contribution in [-0.4, -0.2) is 27.4 Å². The van der Waals surface area contributed by atoms with Gasteiger partial charge >= 0.3 is 0 Å². The quantitative estimate of drug-likeness (QED) is 0.811. The van der Waals surface area contributed by atoms with E-state index in [4.69, 9.17) is 0 Å². The Bertz CT molecular complexity index is 628. The van der Waals surface area contributed by atoms with Gasteiger partial charge in [0.05, 0.1) is 6.04 Å². The number of hydrogen-bond donors (Lipinski definition) is 0. The van der Waals surface area contributed by atoms with Crippen LogP contribution in [-0.2, 0) is 4.79 Å². The summed E-state index contributed by atoms with van der Waals surface area (Å²) in [6.07, 6.45) is 6.07. The molecule has 4 heteroatoms. The number of hydrogen-bond acceptors (Lipinski definition) is 2. The second-order valence-electron chi connectivity index (χ2n) is 5.72. The van der Waals surface area contributed by atoms with Gasteiger partial charge in [0, 0.05) is 29.7 Å². The van der Waals surface area contributed by atoms with Gasteiger partial charge in [0.2, 0.25) is 6.41 Å². The van der Waals surface area contributed by atoms with E-state index in [0.29, 0.717) is 0 Å². The van der Waals surface area contributed by atoms with E-state index in [-0.39, 0.29) is 6.04 Å². The maximum Gasteiger partial charge on any atom is 0.210 e. The highest BCUT2D eigenvalue weighted by Gasteiger charge is 2.26. The minimum Gasteiger partial charge on any atom is -0.338 e. The lowest BCUT2D eigenvalue weighted by molar-refractivity contribution is -0.121. The first-order chi connectivity index (χ1) is 10.2. The smallest absolute Gasteiger partial charge is 0.210 e. The molecule has 1 atom stereocenters. The van der Waals surface area contributed by atoms with Gasteiger partial charge in [-0.3, -0.25) is 4.79 Å². The summed E-state index contributed by atoms with van der Waals surface area (Å²) < 4.78 is 2.17. The number of carbonyl (C=O) groups is 1. The molecule has 1 aliphatic heterocycles. The lowest BCUT2D eigenvalue weighted by atomic mass is 9.96. The normalized spacial score (nSPS) is 18.8. The number of nitrogens with zero attached hydrogens (tertiary/aromatic N) is 3. The second-order valence-corrected chi connectivity index (χ2v) is 5.72. The van der Waals surface area contributed by atoms with Crippen molar-refractivity contribution in [3.05, 3.63) is 47.4 Å². The van der Waals surface area contributed by atoms with Crippen LogP contribution in [0, 0.1) is 13.8 Å². The monoisotopic (exact) mass is 283 g/mol. The zero-order chi connectivity index (χ0) is 14.8. The second kappa shape index (κ2) is 5.72. The first kappa shape index (κ1) is 13.9. The molecule has 0 aromatic carbocycles. The summed E-state index contributed by atoms with van der Waals surface area (Å²) in [5, 5.41) is 0. The Balaban J connectivity index is 2.10. The van der Waals surface area contributed by atoms with Gasteiger partial charge in [0.15, 0.2) is 0 Å². The summed E-state index contributed by atoms with van der Waals surface area (Å²) >= 11 is 0. The van der Waals surface area contributed by atoms with Crippen molar-refractivity contribution in [2.24, 2.45) is 0 Å². The van der Waals surface area contributed by atoms with Gasteiger partial charge in [0.1, 0.15) is 5.82 Å². The molecule has 0 saturated carbocycles. The Morgan fingerprint density at radius 3 is 2.67 bits per heavy atom. The number of aromatic nitrogens is 2. The minimum absolute atomic E-state index is 0.140. The Hall–Kier alpha value is -2.10. The summed E-state index contributed by atoms with van der Waals surface area (Å²) in [5.74, 6) is 0.955. The summed E-state index contributed by atoms with van der Waals surface area (Å²) in [6.45, 7) is 5.01. The van der Waals surface area contributed by atoms with E-state index in [9.17, 15) is 4.79 Å². The van der Waals surface area contributed by atoms with Crippen LogP contribution in [0.5, 0.6) is 0 Å². The number of likely N-dealkylation sites (tertiary alicyclic amines) is 1. The summed E-state index contributed by atoms with van der Waals surface area (Å²) in [6, 6.07) is 8.41. The highest BCUT2D eigenvalue weighted by Crippen LogP contribution is 2.33. The first-order valence-electron chi connectivity index (χ1n) is 7.53. The standard InChI is InChI=1S/C17H21N3O/c1-13-8-9-14(2)20(13)17-15(6-5-10-18-17)16-7-3-4-11-19(16)12-21/h5-6,8-10,12,16H,3-4,7,11H2,1-2H3/t16-/m1/s1. The third-order valence-corrected chi connectivity index (χ3v) is 4.34. The topological polar surface area (TPSA) is 38.1 Å². The summed E-state index contributed by atoms with van der Waals surface area (Å²) in [7, 11) is 0. The SMILES string of the molecule is Cc1ccc(C)n1-c1ncccc1[C@H]1CCCCN1C=O. The number of amides is 1. The number of pyridine rings is 1. The van der Waals surface area contributed by atoms with Gasteiger partial charge in [-0.15, -0.1) is 0 Å². The molecule has 21 heavy (non-hydrogen) atoms. The first-order valence-corrected chi connectivity index (χ1v) is 7.53. The number of carbonyl (C=O) groups excluding carboxylic acids is 1. The molecule has 1 aliphatic rings. The molecule has 2 aromatic heterocycles. The molecule has 0 bridgehead atoms. The molecule has 1 amide bonds. The van der Waals surface area contributed by atoms with Crippen molar-refractivity contribution in [1.29, 1.82) is 0 Å². The maximum atomic E-state index is 11.4. The van der Waals surface area contributed by atoms with Gasteiger partial charge in [-0.25, -0.2) is 4.98 Å². The number of piperidine rings is 1. The van der Waals surface area contributed by atoms with Crippen molar-refractivity contribution in [3.8, 4) is 5.82 Å². The molecule has 1 fully saturated rings. The molecular weight excluding hydrogens is 262 g/mol. The van der Waals surface area contributed by atoms with Gasteiger partial charge in [-0.2, -0.15) is 0 Å². The van der Waals surface area contributed by atoms with Crippen LogP contribution in [0.1, 0.15) is 42.3 Å². The lowest BCUT2D eigenvalue weighted by Crippen LogP contribution is -2.33. The van der Waals surface area contributed by atoms with E-state index in [2.05, 4.69) is 41.6 Å². The Morgan fingerprint density at radius 2 is 1.95 bits per heavy atom. The molecule has 4 nitrogen and oxygen atoms in total. The fraction of sp³-hybridized carbons (Fsp3) is 0.412. The number of aryl methyl sites for hydroxylation is 2. The molecule has 0 radical (unpaired) electrons. The van der Waals surface area contributed by atoms with E-state index in [0.717, 1.165) is 43.6 Å². The van der Waals surface area contributed by atoms with Crippen LogP contribution in [0.3, 0.4) is 0 Å². The molecule has 0 unspecified atom stereocenters. The Kier molecular flexibility index (Phi) is 3.78. The third-order valence-electron chi connectivity index (χ3n) is 4.34. The van der Waals surface area contributed by atoms with Crippen LogP contribution >= 0.6 is 0 Å². The Morgan fingerprint density at radius 1 is 1.19 bits per heavy atom. The average molecular weight is 283 g/mol. The molecule has 3 rings (SSSR count). The fourth-order valence-corrected chi connectivity index (χ4v) is 3.27. The van der Waals surface area contributed by atoms with Crippen molar-refractivity contribution in [2.45, 2.75) is 39.2 Å². The van der Waals surface area contributed by atoms with Crippen molar-refractivity contribution in [2.75, 3.05) is 6.54 Å². The fourth-order valence-electron chi connectivity index (χ4n) is 3.27. The van der Waals surface area contributed by atoms with E-state index in [1.807, 2.05) is 17.2 Å². The van der Waals surface area contributed by atoms with Crippen LogP contribution in [0.2, 0.25) is 0 Å². The van der Waals surface area contributed by atoms with Crippen molar-refractivity contribution in [3.63, 3.8) is 0 Å².